The summed E-state index contributed by atoms with van der Waals surface area (Å²) in [6, 6.07) is 12.9. The number of halogens is 1. The normalized spacial score (nSPS) is 10.7. The average molecular weight is 419 g/mol. The van der Waals surface area contributed by atoms with E-state index in [4.69, 9.17) is 0 Å². The molecule has 1 N–H and O–H groups in total. The fraction of sp³-hybridized carbons (Fsp3) is 0.118. The molecule has 1 amide bonds. The molecule has 6 heteroatoms. The molecule has 0 aliphatic rings. The maximum Gasteiger partial charge on any atom is 0.261 e. The number of nitrogens with zero attached hydrogens (tertiary/aromatic N) is 2. The van der Waals surface area contributed by atoms with E-state index in [0.29, 0.717) is 10.9 Å². The van der Waals surface area contributed by atoms with Crippen molar-refractivity contribution in [2.24, 2.45) is 0 Å². The van der Waals surface area contributed by atoms with E-state index in [1.54, 1.807) is 18.2 Å². The smallest absolute Gasteiger partial charge is 0.261 e. The number of benzene rings is 2. The second-order valence-electron chi connectivity index (χ2n) is 5.20. The van der Waals surface area contributed by atoms with Crippen molar-refractivity contribution in [2.75, 3.05) is 5.32 Å². The van der Waals surface area contributed by atoms with Crippen molar-refractivity contribution in [1.82, 2.24) is 9.55 Å². The van der Waals surface area contributed by atoms with Crippen molar-refractivity contribution in [2.45, 2.75) is 13.5 Å². The van der Waals surface area contributed by atoms with Crippen LogP contribution in [0.25, 0.3) is 10.9 Å². The second kappa shape index (κ2) is 6.49. The zero-order valence-corrected chi connectivity index (χ0v) is 14.6. The number of hydrogen-bond donors (Lipinski definition) is 1. The lowest BCUT2D eigenvalue weighted by Crippen LogP contribution is -2.28. The molecule has 0 saturated heterocycles. The first-order valence-corrected chi connectivity index (χ1v) is 8.12. The second-order valence-corrected chi connectivity index (χ2v) is 6.45. The predicted molar refractivity (Wildman–Crippen MR) is 98.5 cm³/mol. The summed E-state index contributed by atoms with van der Waals surface area (Å²) in [6.45, 7) is 1.86. The van der Waals surface area contributed by atoms with Crippen LogP contribution in [0, 0.1) is 10.5 Å². The highest BCUT2D eigenvalue weighted by atomic mass is 127. The molecule has 0 aliphatic carbocycles. The summed E-state index contributed by atoms with van der Waals surface area (Å²) in [5.41, 5.74) is 2.14. The minimum atomic E-state index is -0.256. The number of para-hydroxylation sites is 1. The van der Waals surface area contributed by atoms with E-state index in [1.165, 1.54) is 10.9 Å². The van der Waals surface area contributed by atoms with E-state index in [2.05, 4.69) is 32.9 Å². The Labute approximate surface area is 146 Å². The van der Waals surface area contributed by atoms with Crippen LogP contribution < -0.4 is 10.9 Å². The Morgan fingerprint density at radius 1 is 1.26 bits per heavy atom. The Morgan fingerprint density at radius 3 is 2.83 bits per heavy atom. The van der Waals surface area contributed by atoms with Gasteiger partial charge in [-0.2, -0.15) is 0 Å². The molecular formula is C17H14IN3O2. The Balaban J connectivity index is 1.83. The molecule has 0 fully saturated rings. The first-order valence-electron chi connectivity index (χ1n) is 7.05. The van der Waals surface area contributed by atoms with Gasteiger partial charge < -0.3 is 5.32 Å². The molecule has 5 nitrogen and oxygen atoms in total. The van der Waals surface area contributed by atoms with Crippen molar-refractivity contribution in [3.05, 3.63) is 68.3 Å². The first-order chi connectivity index (χ1) is 11.0. The maximum atomic E-state index is 12.4. The third kappa shape index (κ3) is 3.42. The number of anilines is 1. The van der Waals surface area contributed by atoms with Crippen LogP contribution in [0.5, 0.6) is 0 Å². The van der Waals surface area contributed by atoms with Gasteiger partial charge in [-0.15, -0.1) is 0 Å². The van der Waals surface area contributed by atoms with Crippen molar-refractivity contribution in [3.63, 3.8) is 0 Å². The van der Waals surface area contributed by atoms with Gasteiger partial charge in [0.15, 0.2) is 0 Å². The van der Waals surface area contributed by atoms with Gasteiger partial charge in [-0.3, -0.25) is 14.2 Å². The number of aromatic nitrogens is 2. The molecular weight excluding hydrogens is 405 g/mol. The number of carbonyl (C=O) groups is 1. The zero-order valence-electron chi connectivity index (χ0n) is 12.4. The number of rotatable bonds is 3. The van der Waals surface area contributed by atoms with E-state index < -0.39 is 0 Å². The Hall–Kier alpha value is -2.22. The minimum Gasteiger partial charge on any atom is -0.324 e. The lowest BCUT2D eigenvalue weighted by atomic mass is 10.2. The molecule has 0 unspecified atom stereocenters. The largest absolute Gasteiger partial charge is 0.324 e. The summed E-state index contributed by atoms with van der Waals surface area (Å²) >= 11 is 2.22. The van der Waals surface area contributed by atoms with Crippen LogP contribution in [0.15, 0.2) is 53.6 Å². The minimum absolute atomic E-state index is 0.0674. The van der Waals surface area contributed by atoms with Crippen molar-refractivity contribution >= 4 is 45.1 Å². The Bertz CT molecular complexity index is 950. The van der Waals surface area contributed by atoms with E-state index in [9.17, 15) is 9.59 Å². The number of amides is 1. The van der Waals surface area contributed by atoms with Crippen LogP contribution in [-0.4, -0.2) is 15.5 Å². The third-order valence-corrected chi connectivity index (χ3v) is 4.18. The van der Waals surface area contributed by atoms with Gasteiger partial charge in [0.25, 0.3) is 5.56 Å². The van der Waals surface area contributed by atoms with Gasteiger partial charge in [0.05, 0.1) is 17.2 Å². The van der Waals surface area contributed by atoms with Crippen LogP contribution in [0.2, 0.25) is 0 Å². The van der Waals surface area contributed by atoms with Gasteiger partial charge in [-0.25, -0.2) is 4.98 Å². The van der Waals surface area contributed by atoms with Gasteiger partial charge in [0.2, 0.25) is 5.91 Å². The lowest BCUT2D eigenvalue weighted by molar-refractivity contribution is -0.116. The average Bonchev–Trinajstić information content (AvgIpc) is 2.53. The highest BCUT2D eigenvalue weighted by molar-refractivity contribution is 14.1. The topological polar surface area (TPSA) is 64.0 Å². The van der Waals surface area contributed by atoms with E-state index in [1.807, 2.05) is 31.2 Å². The molecule has 0 bridgehead atoms. The van der Waals surface area contributed by atoms with Crippen molar-refractivity contribution < 1.29 is 4.79 Å². The summed E-state index contributed by atoms with van der Waals surface area (Å²) in [5, 5.41) is 3.34. The molecule has 0 saturated carbocycles. The molecule has 0 radical (unpaired) electrons. The van der Waals surface area contributed by atoms with Crippen LogP contribution in [0.1, 0.15) is 5.56 Å². The summed E-state index contributed by atoms with van der Waals surface area (Å²) in [6.07, 6.45) is 1.41. The highest BCUT2D eigenvalue weighted by Gasteiger charge is 2.09. The fourth-order valence-corrected chi connectivity index (χ4v) is 2.98. The molecule has 3 aromatic rings. The highest BCUT2D eigenvalue weighted by Crippen LogP contribution is 2.17. The summed E-state index contributed by atoms with van der Waals surface area (Å²) in [4.78, 5) is 28.8. The van der Waals surface area contributed by atoms with Crippen LogP contribution in [0.4, 0.5) is 5.69 Å². The monoisotopic (exact) mass is 419 g/mol. The van der Waals surface area contributed by atoms with Crippen molar-refractivity contribution in [1.29, 1.82) is 0 Å². The van der Waals surface area contributed by atoms with Crippen LogP contribution in [0.3, 0.4) is 0 Å². The molecule has 0 aliphatic heterocycles. The Kier molecular flexibility index (Phi) is 4.42. The number of nitrogens with one attached hydrogen (secondary N) is 1. The molecule has 0 spiro atoms. The summed E-state index contributed by atoms with van der Waals surface area (Å²) in [7, 11) is 0. The van der Waals surface area contributed by atoms with E-state index in [-0.39, 0.29) is 18.0 Å². The van der Waals surface area contributed by atoms with E-state index >= 15 is 0 Å². The number of carbonyl (C=O) groups excluding carboxylic acids is 1. The summed E-state index contributed by atoms with van der Waals surface area (Å²) < 4.78 is 2.42. The van der Waals surface area contributed by atoms with Gasteiger partial charge in [-0.05, 0) is 65.4 Å². The van der Waals surface area contributed by atoms with Crippen LogP contribution >= 0.6 is 22.6 Å². The molecule has 1 heterocycles. The standard InChI is InChI=1S/C17H14IN3O2/c1-11-8-12(18)6-7-14(11)20-16(22)9-21-10-19-15-5-3-2-4-13(15)17(21)23/h2-8,10H,9H2,1H3,(H,20,22). The molecule has 1 aromatic heterocycles. The number of aryl methyl sites for hydroxylation is 1. The SMILES string of the molecule is Cc1cc(I)ccc1NC(=O)Cn1cnc2ccccc2c1=O. The van der Waals surface area contributed by atoms with Gasteiger partial charge in [0.1, 0.15) is 6.54 Å². The maximum absolute atomic E-state index is 12.4. The van der Waals surface area contributed by atoms with Gasteiger partial charge in [0, 0.05) is 9.26 Å². The molecule has 23 heavy (non-hydrogen) atoms. The van der Waals surface area contributed by atoms with E-state index in [0.717, 1.165) is 14.8 Å². The molecule has 116 valence electrons. The first kappa shape index (κ1) is 15.7. The van der Waals surface area contributed by atoms with Gasteiger partial charge in [-0.1, -0.05) is 12.1 Å². The number of fused-ring (bicyclic) bond motifs is 1. The third-order valence-electron chi connectivity index (χ3n) is 3.51. The quantitative estimate of drug-likeness (QED) is 0.665. The fourth-order valence-electron chi connectivity index (χ4n) is 2.33. The van der Waals surface area contributed by atoms with Gasteiger partial charge >= 0.3 is 0 Å². The lowest BCUT2D eigenvalue weighted by Gasteiger charge is -2.10. The molecule has 0 atom stereocenters. The zero-order chi connectivity index (χ0) is 16.4. The van der Waals surface area contributed by atoms with Crippen molar-refractivity contribution in [3.8, 4) is 0 Å². The Morgan fingerprint density at radius 2 is 2.04 bits per heavy atom. The molecule has 3 rings (SSSR count). The molecule has 2 aromatic carbocycles. The van der Waals surface area contributed by atoms with Crippen LogP contribution in [-0.2, 0) is 11.3 Å². The number of hydrogen-bond acceptors (Lipinski definition) is 3. The predicted octanol–water partition coefficient (Wildman–Crippen LogP) is 2.95. The summed E-state index contributed by atoms with van der Waals surface area (Å²) in [5.74, 6) is -0.256.